The number of nitrogens with zero attached hydrogens (tertiary/aromatic N) is 1. The summed E-state index contributed by atoms with van der Waals surface area (Å²) >= 11 is 0. The van der Waals surface area contributed by atoms with Gasteiger partial charge in [-0.05, 0) is 72.6 Å². The molecular formula is C29H29F3N4O6. The van der Waals surface area contributed by atoms with E-state index in [9.17, 15) is 27.6 Å². The van der Waals surface area contributed by atoms with Crippen LogP contribution in [0.3, 0.4) is 0 Å². The van der Waals surface area contributed by atoms with Gasteiger partial charge in [-0.25, -0.2) is 5.43 Å². The van der Waals surface area contributed by atoms with E-state index in [4.69, 9.17) is 14.2 Å². The fourth-order valence-corrected chi connectivity index (χ4v) is 3.37. The Morgan fingerprint density at radius 2 is 1.64 bits per heavy atom. The Labute approximate surface area is 239 Å². The number of hydrogen-bond donors (Lipinski definition) is 3. The third-order valence-electron chi connectivity index (χ3n) is 5.48. The van der Waals surface area contributed by atoms with E-state index >= 15 is 0 Å². The van der Waals surface area contributed by atoms with Gasteiger partial charge in [0.25, 0.3) is 5.91 Å². The number of carbonyl (C=O) groups excluding carboxylic acids is 3. The van der Waals surface area contributed by atoms with Crippen molar-refractivity contribution < 1.29 is 41.8 Å². The molecule has 3 N–H and O–H groups in total. The molecule has 13 heteroatoms. The lowest BCUT2D eigenvalue weighted by Crippen LogP contribution is -2.32. The lowest BCUT2D eigenvalue weighted by molar-refractivity contribution is -0.137. The number of carbonyl (C=O) groups is 3. The van der Waals surface area contributed by atoms with Gasteiger partial charge in [-0.3, -0.25) is 14.4 Å². The number of alkyl halides is 3. The van der Waals surface area contributed by atoms with Crippen LogP contribution in [0.1, 0.15) is 30.9 Å². The van der Waals surface area contributed by atoms with Crippen molar-refractivity contribution in [2.75, 3.05) is 31.0 Å². The van der Waals surface area contributed by atoms with Gasteiger partial charge in [-0.15, -0.1) is 0 Å². The van der Waals surface area contributed by atoms with E-state index in [2.05, 4.69) is 28.1 Å². The first kappa shape index (κ1) is 31.5. The van der Waals surface area contributed by atoms with Gasteiger partial charge < -0.3 is 24.8 Å². The summed E-state index contributed by atoms with van der Waals surface area (Å²) in [6, 6.07) is 15.3. The molecule has 0 aliphatic carbocycles. The Morgan fingerprint density at radius 1 is 0.881 bits per heavy atom. The molecule has 0 atom stereocenters. The van der Waals surface area contributed by atoms with Crippen molar-refractivity contribution in [3.8, 4) is 17.2 Å². The summed E-state index contributed by atoms with van der Waals surface area (Å²) in [6.07, 6.45) is -1.34. The second-order valence-electron chi connectivity index (χ2n) is 8.71. The summed E-state index contributed by atoms with van der Waals surface area (Å²) in [5.41, 5.74) is 2.07. The first-order valence-corrected chi connectivity index (χ1v) is 12.7. The van der Waals surface area contributed by atoms with Gasteiger partial charge in [0.05, 0.1) is 25.5 Å². The second kappa shape index (κ2) is 15.1. The molecule has 10 nitrogen and oxygen atoms in total. The topological polar surface area (TPSA) is 127 Å². The highest BCUT2D eigenvalue weighted by molar-refractivity contribution is 6.39. The van der Waals surface area contributed by atoms with E-state index in [0.29, 0.717) is 23.6 Å². The Kier molecular flexibility index (Phi) is 11.3. The van der Waals surface area contributed by atoms with Gasteiger partial charge in [-0.2, -0.15) is 18.3 Å². The number of nitrogens with one attached hydrogen (secondary N) is 3. The highest BCUT2D eigenvalue weighted by atomic mass is 19.4. The average molecular weight is 587 g/mol. The van der Waals surface area contributed by atoms with Crippen LogP contribution in [0.4, 0.5) is 24.5 Å². The number of rotatable bonds is 12. The summed E-state index contributed by atoms with van der Waals surface area (Å²) in [5, 5.41) is 8.57. The number of methoxy groups -OCH3 is 1. The van der Waals surface area contributed by atoms with Crippen LogP contribution >= 0.6 is 0 Å². The third-order valence-corrected chi connectivity index (χ3v) is 5.48. The maximum atomic E-state index is 12.9. The van der Waals surface area contributed by atoms with Crippen LogP contribution < -0.4 is 30.3 Å². The van der Waals surface area contributed by atoms with Crippen LogP contribution in [0, 0.1) is 0 Å². The van der Waals surface area contributed by atoms with Gasteiger partial charge >= 0.3 is 18.0 Å². The predicted molar refractivity (Wildman–Crippen MR) is 150 cm³/mol. The van der Waals surface area contributed by atoms with Crippen LogP contribution in [0.25, 0.3) is 0 Å². The Bertz CT molecular complexity index is 1410. The lowest BCUT2D eigenvalue weighted by atomic mass is 10.2. The number of amides is 3. The zero-order valence-electron chi connectivity index (χ0n) is 22.8. The van der Waals surface area contributed by atoms with E-state index in [-0.39, 0.29) is 17.2 Å². The van der Waals surface area contributed by atoms with Crippen molar-refractivity contribution in [3.05, 3.63) is 77.9 Å². The molecule has 3 rings (SSSR count). The zero-order chi connectivity index (χ0) is 30.5. The maximum absolute atomic E-state index is 12.9. The van der Waals surface area contributed by atoms with Crippen molar-refractivity contribution in [2.45, 2.75) is 25.9 Å². The first-order valence-electron chi connectivity index (χ1n) is 12.7. The largest absolute Gasteiger partial charge is 0.494 e. The third kappa shape index (κ3) is 9.84. The van der Waals surface area contributed by atoms with Crippen LogP contribution in [0.15, 0.2) is 71.8 Å². The highest BCUT2D eigenvalue weighted by Gasteiger charge is 2.30. The van der Waals surface area contributed by atoms with Gasteiger partial charge in [0.1, 0.15) is 5.75 Å². The van der Waals surface area contributed by atoms with Crippen molar-refractivity contribution in [2.24, 2.45) is 5.10 Å². The fraction of sp³-hybridized carbons (Fsp3) is 0.241. The van der Waals surface area contributed by atoms with Crippen LogP contribution in [0.2, 0.25) is 0 Å². The number of hydrazone groups is 1. The molecule has 222 valence electrons. The molecule has 42 heavy (non-hydrogen) atoms. The standard InChI is InChI=1S/C29H29F3N4O6/c1-3-4-14-41-23-11-9-21(10-12-23)35-27(38)28(39)36-33-17-19-8-13-24(25(15-19)40-2)42-18-26(37)34-22-7-5-6-20(16-22)29(30,31)32/h5-13,15-17H,3-4,14,18H2,1-2H3,(H,34,37)(H,35,38)(H,36,39)/b33-17-. The van der Waals surface area contributed by atoms with Gasteiger partial charge in [0, 0.05) is 11.4 Å². The first-order chi connectivity index (χ1) is 20.1. The molecule has 0 aliphatic rings. The van der Waals surface area contributed by atoms with Gasteiger partial charge in [-0.1, -0.05) is 19.4 Å². The Morgan fingerprint density at radius 3 is 2.33 bits per heavy atom. The number of anilines is 2. The molecule has 3 aromatic rings. The summed E-state index contributed by atoms with van der Waals surface area (Å²) in [4.78, 5) is 36.4. The number of halogens is 3. The SMILES string of the molecule is CCCCOc1ccc(NC(=O)C(=O)N/N=C\c2ccc(OCC(=O)Nc3cccc(C(F)(F)F)c3)c(OC)c2)cc1. The highest BCUT2D eigenvalue weighted by Crippen LogP contribution is 2.31. The summed E-state index contributed by atoms with van der Waals surface area (Å²) in [6.45, 7) is 2.15. The number of benzene rings is 3. The lowest BCUT2D eigenvalue weighted by Gasteiger charge is -2.12. The molecule has 0 saturated heterocycles. The summed E-state index contributed by atoms with van der Waals surface area (Å²) in [7, 11) is 1.36. The maximum Gasteiger partial charge on any atom is 0.416 e. The molecule has 0 bridgehead atoms. The Balaban J connectivity index is 1.49. The summed E-state index contributed by atoms with van der Waals surface area (Å²) < 4.78 is 54.9. The zero-order valence-corrected chi connectivity index (χ0v) is 22.8. The molecule has 0 fully saturated rings. The minimum absolute atomic E-state index is 0.0296. The molecular weight excluding hydrogens is 557 g/mol. The normalized spacial score (nSPS) is 11.1. The molecule has 0 aromatic heterocycles. The van der Waals surface area contributed by atoms with Crippen molar-refractivity contribution in [3.63, 3.8) is 0 Å². The second-order valence-corrected chi connectivity index (χ2v) is 8.71. The number of hydrogen-bond acceptors (Lipinski definition) is 7. The molecule has 3 amide bonds. The molecule has 0 saturated carbocycles. The number of ether oxygens (including phenoxy) is 3. The van der Waals surface area contributed by atoms with E-state index in [1.165, 1.54) is 37.6 Å². The van der Waals surface area contributed by atoms with E-state index in [1.54, 1.807) is 30.3 Å². The summed E-state index contributed by atoms with van der Waals surface area (Å²) in [5.74, 6) is -1.54. The molecule has 0 unspecified atom stereocenters. The minimum Gasteiger partial charge on any atom is -0.494 e. The average Bonchev–Trinajstić information content (AvgIpc) is 2.97. The van der Waals surface area contributed by atoms with Crippen LogP contribution in [-0.2, 0) is 20.6 Å². The molecule has 0 aliphatic heterocycles. The van der Waals surface area contributed by atoms with Crippen molar-refractivity contribution in [1.29, 1.82) is 0 Å². The smallest absolute Gasteiger partial charge is 0.416 e. The molecule has 0 heterocycles. The monoisotopic (exact) mass is 586 g/mol. The fourth-order valence-electron chi connectivity index (χ4n) is 3.37. The van der Waals surface area contributed by atoms with Gasteiger partial charge in [0.15, 0.2) is 18.1 Å². The minimum atomic E-state index is -4.54. The van der Waals surface area contributed by atoms with E-state index in [0.717, 1.165) is 25.0 Å². The van der Waals surface area contributed by atoms with E-state index < -0.39 is 36.1 Å². The van der Waals surface area contributed by atoms with Crippen LogP contribution in [-0.4, -0.2) is 44.3 Å². The molecule has 0 spiro atoms. The quantitative estimate of drug-likeness (QED) is 0.119. The molecule has 3 aromatic carbocycles. The predicted octanol–water partition coefficient (Wildman–Crippen LogP) is 5.00. The van der Waals surface area contributed by atoms with E-state index in [1.807, 2.05) is 0 Å². The Hall–Kier alpha value is -5.07. The molecule has 0 radical (unpaired) electrons. The van der Waals surface area contributed by atoms with Crippen molar-refractivity contribution >= 4 is 35.3 Å². The van der Waals surface area contributed by atoms with Crippen LogP contribution in [0.5, 0.6) is 17.2 Å². The number of unbranched alkanes of at least 4 members (excludes halogenated alkanes) is 1. The van der Waals surface area contributed by atoms with Gasteiger partial charge in [0.2, 0.25) is 0 Å². The van der Waals surface area contributed by atoms with Crippen molar-refractivity contribution in [1.82, 2.24) is 5.43 Å².